The van der Waals surface area contributed by atoms with E-state index in [-0.39, 0.29) is 36.9 Å². The van der Waals surface area contributed by atoms with E-state index in [4.69, 9.17) is 4.74 Å². The number of cyclic esters (lactones) is 1. The van der Waals surface area contributed by atoms with Gasteiger partial charge in [-0.1, -0.05) is 62.4 Å². The molecule has 3 aromatic carbocycles. The first kappa shape index (κ1) is 32.1. The van der Waals surface area contributed by atoms with Gasteiger partial charge in [0.25, 0.3) is 5.91 Å². The van der Waals surface area contributed by atoms with Crippen molar-refractivity contribution in [3.63, 3.8) is 0 Å². The third-order valence-corrected chi connectivity index (χ3v) is 9.08. The lowest BCUT2D eigenvalue weighted by Gasteiger charge is -2.31. The van der Waals surface area contributed by atoms with Crippen LogP contribution in [0.5, 0.6) is 0 Å². The Morgan fingerprint density at radius 1 is 1.07 bits per heavy atom. The summed E-state index contributed by atoms with van der Waals surface area (Å²) in [5, 5.41) is 14.3. The number of aliphatic hydroxyl groups excluding tert-OH is 1. The summed E-state index contributed by atoms with van der Waals surface area (Å²) >= 11 is 0. The molecule has 43 heavy (non-hydrogen) atoms. The highest BCUT2D eigenvalue weighted by Gasteiger charge is 2.39. The van der Waals surface area contributed by atoms with E-state index in [9.17, 15) is 27.5 Å². The second-order valence-electron chi connectivity index (χ2n) is 11.3. The van der Waals surface area contributed by atoms with Crippen LogP contribution in [-0.4, -0.2) is 67.7 Å². The Balaban J connectivity index is 1.56. The summed E-state index contributed by atoms with van der Waals surface area (Å²) in [6, 6.07) is 19.2. The summed E-state index contributed by atoms with van der Waals surface area (Å²) in [7, 11) is -4.19. The van der Waals surface area contributed by atoms with Gasteiger partial charge in [-0.15, -0.1) is 0 Å². The van der Waals surface area contributed by atoms with E-state index in [2.05, 4.69) is 5.32 Å². The van der Waals surface area contributed by atoms with E-state index in [1.165, 1.54) is 17.0 Å². The van der Waals surface area contributed by atoms with Crippen LogP contribution in [0.2, 0.25) is 0 Å². The molecular formula is C32H38FN3O6S. The summed E-state index contributed by atoms with van der Waals surface area (Å²) in [4.78, 5) is 27.2. The van der Waals surface area contributed by atoms with Crippen molar-refractivity contribution in [2.24, 2.45) is 5.92 Å². The summed E-state index contributed by atoms with van der Waals surface area (Å²) in [5.74, 6) is -1.36. The topological polar surface area (TPSA) is 116 Å². The molecule has 0 aromatic heterocycles. The van der Waals surface area contributed by atoms with E-state index in [1.807, 2.05) is 63.2 Å². The lowest BCUT2D eigenvalue weighted by atomic mass is 10.0. The van der Waals surface area contributed by atoms with Gasteiger partial charge in [-0.2, -0.15) is 4.31 Å². The van der Waals surface area contributed by atoms with E-state index in [1.54, 1.807) is 19.1 Å². The number of hydrogen-bond donors (Lipinski definition) is 2. The number of hydrogen-bond acceptors (Lipinski definition) is 6. The number of benzene rings is 3. The van der Waals surface area contributed by atoms with Gasteiger partial charge in [0.1, 0.15) is 5.82 Å². The van der Waals surface area contributed by atoms with Gasteiger partial charge in [-0.05, 0) is 67.1 Å². The lowest BCUT2D eigenvalue weighted by molar-refractivity contribution is -0.129. The number of amides is 2. The second kappa shape index (κ2) is 13.7. The number of carbonyl (C=O) groups excluding carboxylic acids is 2. The van der Waals surface area contributed by atoms with Gasteiger partial charge in [0.05, 0.1) is 23.6 Å². The number of nitrogens with one attached hydrogen (secondary N) is 1. The van der Waals surface area contributed by atoms with E-state index >= 15 is 0 Å². The van der Waals surface area contributed by atoms with Crippen LogP contribution in [0.15, 0.2) is 77.7 Å². The third kappa shape index (κ3) is 7.98. The summed E-state index contributed by atoms with van der Waals surface area (Å²) in [6.45, 7) is 6.79. The Kier molecular flexibility index (Phi) is 10.2. The number of aliphatic hydroxyl groups is 1. The number of anilines is 1. The minimum atomic E-state index is -4.19. The Bertz CT molecular complexity index is 1550. The first-order chi connectivity index (χ1) is 20.3. The molecule has 0 saturated carbocycles. The van der Waals surface area contributed by atoms with Crippen LogP contribution in [-0.2, 0) is 26.0 Å². The fourth-order valence-corrected chi connectivity index (χ4v) is 6.56. The van der Waals surface area contributed by atoms with Crippen molar-refractivity contribution in [1.29, 1.82) is 0 Å². The van der Waals surface area contributed by atoms with Gasteiger partial charge in [0.2, 0.25) is 10.0 Å². The molecule has 1 fully saturated rings. The Morgan fingerprint density at radius 2 is 1.79 bits per heavy atom. The highest BCUT2D eigenvalue weighted by atomic mass is 32.2. The van der Waals surface area contributed by atoms with Crippen molar-refractivity contribution >= 4 is 27.7 Å². The average molecular weight is 612 g/mol. The molecule has 4 rings (SSSR count). The van der Waals surface area contributed by atoms with Gasteiger partial charge in [-0.25, -0.2) is 17.6 Å². The van der Waals surface area contributed by atoms with Gasteiger partial charge in [0.15, 0.2) is 6.10 Å². The van der Waals surface area contributed by atoms with E-state index in [0.29, 0.717) is 11.3 Å². The zero-order chi connectivity index (χ0) is 31.3. The number of sulfonamides is 1. The summed E-state index contributed by atoms with van der Waals surface area (Å²) < 4.78 is 48.0. The van der Waals surface area contributed by atoms with Gasteiger partial charge < -0.3 is 15.2 Å². The lowest BCUT2D eigenvalue weighted by Crippen LogP contribution is -2.53. The van der Waals surface area contributed by atoms with E-state index in [0.717, 1.165) is 21.5 Å². The van der Waals surface area contributed by atoms with Crippen molar-refractivity contribution in [2.75, 3.05) is 24.5 Å². The molecule has 0 spiro atoms. The summed E-state index contributed by atoms with van der Waals surface area (Å²) in [6.07, 6.45) is -2.96. The molecule has 0 unspecified atom stereocenters. The average Bonchev–Trinajstić information content (AvgIpc) is 3.35. The zero-order valence-electron chi connectivity index (χ0n) is 24.7. The molecule has 2 N–H and O–H groups in total. The minimum Gasteiger partial charge on any atom is -0.434 e. The van der Waals surface area contributed by atoms with E-state index < -0.39 is 46.1 Å². The van der Waals surface area contributed by atoms with Crippen LogP contribution in [0.1, 0.15) is 30.5 Å². The van der Waals surface area contributed by atoms with Crippen LogP contribution in [0, 0.1) is 25.6 Å². The Hall–Kier alpha value is -3.80. The number of halogens is 1. The maximum absolute atomic E-state index is 14.3. The van der Waals surface area contributed by atoms with Gasteiger partial charge >= 0.3 is 6.09 Å². The standard InChI is InChI=1S/C32H38FN3O6S/c1-21(2)18-35(43(40,41)26-14-13-23(4)27(33)17-26)19-29(37)28(16-24-10-6-5-7-11-24)34-31(38)30-20-36(32(39)42-30)25-12-8-9-22(3)15-25/h5-15,17,21,28-30,37H,16,18-20H2,1-4H3,(H,34,38)/t28-,29+,30-/m0/s1. The maximum Gasteiger partial charge on any atom is 0.415 e. The van der Waals surface area contributed by atoms with Crippen molar-refractivity contribution in [3.8, 4) is 0 Å². The van der Waals surface area contributed by atoms with Crippen LogP contribution in [0.25, 0.3) is 0 Å². The smallest absolute Gasteiger partial charge is 0.415 e. The van der Waals surface area contributed by atoms with Gasteiger partial charge in [-0.3, -0.25) is 9.69 Å². The quantitative estimate of drug-likeness (QED) is 0.317. The molecular weight excluding hydrogens is 573 g/mol. The van der Waals surface area contributed by atoms with Crippen LogP contribution < -0.4 is 10.2 Å². The SMILES string of the molecule is Cc1cccc(N2C[C@@H](C(=O)N[C@@H](Cc3ccccc3)[C@H](O)CN(CC(C)C)S(=O)(=O)c3ccc(C)c(F)c3)OC2=O)c1. The molecule has 9 nitrogen and oxygen atoms in total. The third-order valence-electron chi connectivity index (χ3n) is 7.25. The zero-order valence-corrected chi connectivity index (χ0v) is 25.6. The highest BCUT2D eigenvalue weighted by Crippen LogP contribution is 2.24. The minimum absolute atomic E-state index is 0.0187. The number of rotatable bonds is 12. The predicted octanol–water partition coefficient (Wildman–Crippen LogP) is 4.20. The van der Waals surface area contributed by atoms with Gasteiger partial charge in [0, 0.05) is 18.8 Å². The predicted molar refractivity (Wildman–Crippen MR) is 162 cm³/mol. The molecule has 3 atom stereocenters. The first-order valence-electron chi connectivity index (χ1n) is 14.2. The maximum atomic E-state index is 14.3. The molecule has 1 saturated heterocycles. The molecule has 11 heteroatoms. The number of aryl methyl sites for hydroxylation is 2. The number of ether oxygens (including phenoxy) is 1. The molecule has 230 valence electrons. The van der Waals surface area contributed by atoms with Crippen molar-refractivity contribution < 1.29 is 32.2 Å². The normalized spacial score (nSPS) is 16.8. The first-order valence-corrected chi connectivity index (χ1v) is 15.6. The van der Waals surface area contributed by atoms with Crippen LogP contribution in [0.3, 0.4) is 0 Å². The highest BCUT2D eigenvalue weighted by molar-refractivity contribution is 7.89. The fourth-order valence-electron chi connectivity index (χ4n) is 4.93. The largest absolute Gasteiger partial charge is 0.434 e. The molecule has 2 amide bonds. The van der Waals surface area contributed by atoms with Crippen LogP contribution >= 0.6 is 0 Å². The molecule has 1 aliphatic rings. The van der Waals surface area contributed by atoms with Crippen molar-refractivity contribution in [3.05, 3.63) is 95.3 Å². The molecule has 3 aromatic rings. The molecule has 0 aliphatic carbocycles. The fraction of sp³-hybridized carbons (Fsp3) is 0.375. The monoisotopic (exact) mass is 611 g/mol. The van der Waals surface area contributed by atoms with Crippen LogP contribution in [0.4, 0.5) is 14.9 Å². The Morgan fingerprint density at radius 3 is 2.44 bits per heavy atom. The summed E-state index contributed by atoms with van der Waals surface area (Å²) in [5.41, 5.74) is 2.66. The molecule has 0 bridgehead atoms. The number of nitrogens with zero attached hydrogens (tertiary/aromatic N) is 2. The second-order valence-corrected chi connectivity index (χ2v) is 13.3. The Labute approximate surface area is 252 Å². The molecule has 1 aliphatic heterocycles. The molecule has 1 heterocycles. The van der Waals surface area contributed by atoms with Crippen molar-refractivity contribution in [1.82, 2.24) is 9.62 Å². The number of carbonyl (C=O) groups is 2. The van der Waals surface area contributed by atoms with Crippen molar-refractivity contribution in [2.45, 2.75) is 57.3 Å². The molecule has 0 radical (unpaired) electrons.